The molecule has 0 bridgehead atoms. The number of hydrogen-bond acceptors (Lipinski definition) is 2. The monoisotopic (exact) mass is 269 g/mol. The maximum atomic E-state index is 12.0. The molecule has 0 saturated heterocycles. The van der Waals surface area contributed by atoms with Gasteiger partial charge < -0.3 is 9.73 Å². The summed E-state index contributed by atoms with van der Waals surface area (Å²) in [7, 11) is 0. The van der Waals surface area contributed by atoms with E-state index < -0.39 is 0 Å². The average Bonchev–Trinajstić information content (AvgIpc) is 2.84. The highest BCUT2D eigenvalue weighted by Gasteiger charge is 2.06. The minimum absolute atomic E-state index is 0.150. The molecule has 0 aliphatic heterocycles. The molecule has 1 amide bonds. The number of amides is 1. The van der Waals surface area contributed by atoms with E-state index in [1.807, 2.05) is 44.2 Å². The van der Waals surface area contributed by atoms with Gasteiger partial charge in [-0.1, -0.05) is 25.1 Å². The number of anilines is 1. The SMILES string of the molecule is CCc1cccc(C)c1NC(=O)C=Cc1ccc(C)o1. The fraction of sp³-hybridized carbons (Fsp3) is 0.235. The lowest BCUT2D eigenvalue weighted by molar-refractivity contribution is -0.111. The van der Waals surface area contributed by atoms with Crippen LogP contribution in [0.3, 0.4) is 0 Å². The van der Waals surface area contributed by atoms with Gasteiger partial charge in [-0.2, -0.15) is 0 Å². The number of carbonyl (C=O) groups is 1. The van der Waals surface area contributed by atoms with Crippen LogP contribution in [0.5, 0.6) is 0 Å². The van der Waals surface area contributed by atoms with Crippen LogP contribution in [0, 0.1) is 13.8 Å². The maximum Gasteiger partial charge on any atom is 0.248 e. The largest absolute Gasteiger partial charge is 0.462 e. The van der Waals surface area contributed by atoms with Crippen LogP contribution >= 0.6 is 0 Å². The summed E-state index contributed by atoms with van der Waals surface area (Å²) >= 11 is 0. The zero-order chi connectivity index (χ0) is 14.5. The van der Waals surface area contributed by atoms with Gasteiger partial charge in [0, 0.05) is 11.8 Å². The van der Waals surface area contributed by atoms with E-state index in [4.69, 9.17) is 4.42 Å². The lowest BCUT2D eigenvalue weighted by atomic mass is 10.1. The van der Waals surface area contributed by atoms with Gasteiger partial charge in [0.25, 0.3) is 0 Å². The number of aryl methyl sites for hydroxylation is 3. The Morgan fingerprint density at radius 1 is 1.25 bits per heavy atom. The van der Waals surface area contributed by atoms with Crippen LogP contribution in [0.4, 0.5) is 5.69 Å². The first-order valence-corrected chi connectivity index (χ1v) is 6.74. The number of furan rings is 1. The van der Waals surface area contributed by atoms with Crippen LogP contribution < -0.4 is 5.32 Å². The summed E-state index contributed by atoms with van der Waals surface area (Å²) in [6.07, 6.45) is 4.05. The van der Waals surface area contributed by atoms with Crippen molar-refractivity contribution in [2.24, 2.45) is 0 Å². The topological polar surface area (TPSA) is 42.2 Å². The van der Waals surface area contributed by atoms with E-state index in [1.165, 1.54) is 6.08 Å². The molecule has 3 heteroatoms. The fourth-order valence-corrected chi connectivity index (χ4v) is 2.07. The molecule has 3 nitrogen and oxygen atoms in total. The fourth-order valence-electron chi connectivity index (χ4n) is 2.07. The molecule has 2 aromatic rings. The second kappa shape index (κ2) is 6.24. The molecule has 0 saturated carbocycles. The standard InChI is InChI=1S/C17H19NO2/c1-4-14-7-5-6-12(2)17(14)18-16(19)11-10-15-9-8-13(3)20-15/h5-11H,4H2,1-3H3,(H,18,19). The van der Waals surface area contributed by atoms with Gasteiger partial charge in [-0.3, -0.25) is 4.79 Å². The van der Waals surface area contributed by atoms with E-state index in [1.54, 1.807) is 6.08 Å². The van der Waals surface area contributed by atoms with Crippen LogP contribution in [-0.2, 0) is 11.2 Å². The highest BCUT2D eigenvalue weighted by molar-refractivity contribution is 6.02. The van der Waals surface area contributed by atoms with E-state index in [9.17, 15) is 4.79 Å². The Balaban J connectivity index is 2.10. The van der Waals surface area contributed by atoms with E-state index in [0.717, 1.165) is 29.0 Å². The Hall–Kier alpha value is -2.29. The van der Waals surface area contributed by atoms with Crippen LogP contribution in [0.1, 0.15) is 29.6 Å². The van der Waals surface area contributed by atoms with Gasteiger partial charge in [-0.05, 0) is 49.6 Å². The number of para-hydroxylation sites is 1. The molecule has 0 aliphatic rings. The third-order valence-electron chi connectivity index (χ3n) is 3.15. The number of nitrogens with one attached hydrogen (secondary N) is 1. The third-order valence-corrected chi connectivity index (χ3v) is 3.15. The molecule has 0 radical (unpaired) electrons. The second-order valence-corrected chi connectivity index (χ2v) is 4.73. The Kier molecular flexibility index (Phi) is 4.41. The summed E-state index contributed by atoms with van der Waals surface area (Å²) in [5.41, 5.74) is 3.11. The number of carbonyl (C=O) groups excluding carboxylic acids is 1. The van der Waals surface area contributed by atoms with Gasteiger partial charge in [-0.15, -0.1) is 0 Å². The summed E-state index contributed by atoms with van der Waals surface area (Å²) in [5, 5.41) is 2.94. The number of rotatable bonds is 4. The van der Waals surface area contributed by atoms with Gasteiger partial charge in [0.2, 0.25) is 5.91 Å². The van der Waals surface area contributed by atoms with Gasteiger partial charge in [0.15, 0.2) is 0 Å². The van der Waals surface area contributed by atoms with Crippen molar-refractivity contribution in [2.45, 2.75) is 27.2 Å². The highest BCUT2D eigenvalue weighted by Crippen LogP contribution is 2.21. The first-order chi connectivity index (χ1) is 9.60. The van der Waals surface area contributed by atoms with Crippen molar-refractivity contribution in [3.63, 3.8) is 0 Å². The zero-order valence-corrected chi connectivity index (χ0v) is 12.1. The van der Waals surface area contributed by atoms with Crippen molar-refractivity contribution in [2.75, 3.05) is 5.32 Å². The molecule has 0 unspecified atom stereocenters. The van der Waals surface area contributed by atoms with Gasteiger partial charge in [-0.25, -0.2) is 0 Å². The Labute approximate surface area is 119 Å². The first kappa shape index (κ1) is 14.1. The molecule has 0 atom stereocenters. The van der Waals surface area contributed by atoms with Gasteiger partial charge >= 0.3 is 0 Å². The Bertz CT molecular complexity index is 638. The van der Waals surface area contributed by atoms with E-state index in [-0.39, 0.29) is 5.91 Å². The second-order valence-electron chi connectivity index (χ2n) is 4.73. The van der Waals surface area contributed by atoms with Crippen molar-refractivity contribution >= 4 is 17.7 Å². The first-order valence-electron chi connectivity index (χ1n) is 6.74. The van der Waals surface area contributed by atoms with Crippen molar-refractivity contribution < 1.29 is 9.21 Å². The minimum atomic E-state index is -0.150. The lowest BCUT2D eigenvalue weighted by Gasteiger charge is -2.11. The Morgan fingerprint density at radius 3 is 2.70 bits per heavy atom. The van der Waals surface area contributed by atoms with Gasteiger partial charge in [0.1, 0.15) is 11.5 Å². The molecule has 0 fully saturated rings. The van der Waals surface area contributed by atoms with Gasteiger partial charge in [0.05, 0.1) is 0 Å². The predicted molar refractivity (Wildman–Crippen MR) is 81.7 cm³/mol. The maximum absolute atomic E-state index is 12.0. The van der Waals surface area contributed by atoms with Crippen molar-refractivity contribution in [1.29, 1.82) is 0 Å². The van der Waals surface area contributed by atoms with E-state index in [2.05, 4.69) is 12.2 Å². The predicted octanol–water partition coefficient (Wildman–Crippen LogP) is 4.11. The molecule has 0 aliphatic carbocycles. The highest BCUT2D eigenvalue weighted by atomic mass is 16.3. The van der Waals surface area contributed by atoms with Crippen LogP contribution in [0.2, 0.25) is 0 Å². The molecule has 1 aromatic carbocycles. The van der Waals surface area contributed by atoms with Crippen LogP contribution in [0.25, 0.3) is 6.08 Å². The molecule has 104 valence electrons. The van der Waals surface area contributed by atoms with Crippen LogP contribution in [0.15, 0.2) is 40.8 Å². The summed E-state index contributed by atoms with van der Waals surface area (Å²) < 4.78 is 5.39. The molecular weight excluding hydrogens is 250 g/mol. The minimum Gasteiger partial charge on any atom is -0.462 e. The zero-order valence-electron chi connectivity index (χ0n) is 12.1. The van der Waals surface area contributed by atoms with E-state index in [0.29, 0.717) is 5.76 Å². The number of hydrogen-bond donors (Lipinski definition) is 1. The lowest BCUT2D eigenvalue weighted by Crippen LogP contribution is -2.10. The van der Waals surface area contributed by atoms with Crippen LogP contribution in [-0.4, -0.2) is 5.91 Å². The summed E-state index contributed by atoms with van der Waals surface area (Å²) in [4.78, 5) is 12.0. The van der Waals surface area contributed by atoms with E-state index >= 15 is 0 Å². The smallest absolute Gasteiger partial charge is 0.248 e. The quantitative estimate of drug-likeness (QED) is 0.849. The molecular formula is C17H19NO2. The Morgan fingerprint density at radius 2 is 2.05 bits per heavy atom. The average molecular weight is 269 g/mol. The third kappa shape index (κ3) is 3.38. The summed E-state index contributed by atoms with van der Waals surface area (Å²) in [6.45, 7) is 5.94. The molecule has 1 aromatic heterocycles. The molecule has 20 heavy (non-hydrogen) atoms. The van der Waals surface area contributed by atoms with Crippen molar-refractivity contribution in [3.05, 3.63) is 59.1 Å². The molecule has 2 rings (SSSR count). The molecule has 1 heterocycles. The summed E-state index contributed by atoms with van der Waals surface area (Å²) in [6, 6.07) is 9.74. The van der Waals surface area contributed by atoms with Crippen molar-refractivity contribution in [3.8, 4) is 0 Å². The normalized spacial score (nSPS) is 10.9. The van der Waals surface area contributed by atoms with Crippen molar-refractivity contribution in [1.82, 2.24) is 0 Å². The number of benzene rings is 1. The summed E-state index contributed by atoms with van der Waals surface area (Å²) in [5.74, 6) is 1.36. The molecule has 0 spiro atoms. The molecule has 1 N–H and O–H groups in total.